The third-order valence-electron chi connectivity index (χ3n) is 4.74. The van der Waals surface area contributed by atoms with Gasteiger partial charge in [-0.15, -0.1) is 0 Å². The first-order chi connectivity index (χ1) is 13.3. The van der Waals surface area contributed by atoms with Crippen LogP contribution in [0.3, 0.4) is 0 Å². The van der Waals surface area contributed by atoms with Gasteiger partial charge in [-0.05, 0) is 30.2 Å². The van der Waals surface area contributed by atoms with E-state index in [1.807, 2.05) is 24.0 Å². The van der Waals surface area contributed by atoms with Gasteiger partial charge < -0.3 is 19.7 Å². The third-order valence-corrected chi connectivity index (χ3v) is 4.74. The zero-order chi connectivity index (χ0) is 18.9. The number of hydrogen-bond acceptors (Lipinski definition) is 4. The first kappa shape index (κ1) is 19.4. The molecule has 1 saturated heterocycles. The molecule has 7 heteroatoms. The number of nitrogens with zero attached hydrogens (tertiary/aromatic N) is 4. The second kappa shape index (κ2) is 10.1. The quantitative estimate of drug-likeness (QED) is 0.436. The summed E-state index contributed by atoms with van der Waals surface area (Å²) in [5.74, 6) is 1.50. The molecular formula is C20H29N5O2. The van der Waals surface area contributed by atoms with Gasteiger partial charge in [0.1, 0.15) is 0 Å². The molecule has 2 aromatic rings. The van der Waals surface area contributed by atoms with E-state index in [4.69, 9.17) is 9.47 Å². The number of aliphatic imine (C=N–C) groups is 1. The molecule has 1 fully saturated rings. The Balaban J connectivity index is 1.45. The molecule has 1 aromatic carbocycles. The Kier molecular flexibility index (Phi) is 7.24. The Bertz CT molecular complexity index is 700. The van der Waals surface area contributed by atoms with E-state index in [2.05, 4.69) is 44.6 Å². The fourth-order valence-corrected chi connectivity index (χ4v) is 3.25. The summed E-state index contributed by atoms with van der Waals surface area (Å²) in [6.07, 6.45) is 4.86. The molecule has 146 valence electrons. The van der Waals surface area contributed by atoms with Crippen LogP contribution in [0.25, 0.3) is 5.69 Å². The lowest BCUT2D eigenvalue weighted by Gasteiger charge is -2.22. The maximum Gasteiger partial charge on any atom is 0.193 e. The molecule has 1 aliphatic rings. The van der Waals surface area contributed by atoms with Crippen molar-refractivity contribution in [2.45, 2.75) is 13.0 Å². The molecule has 1 unspecified atom stereocenters. The van der Waals surface area contributed by atoms with Crippen molar-refractivity contribution in [3.63, 3.8) is 0 Å². The number of aromatic nitrogens is 2. The second-order valence-electron chi connectivity index (χ2n) is 6.69. The Hall–Kier alpha value is -2.38. The summed E-state index contributed by atoms with van der Waals surface area (Å²) in [6.45, 7) is 4.83. The highest BCUT2D eigenvalue weighted by molar-refractivity contribution is 5.80. The largest absolute Gasteiger partial charge is 0.382 e. The normalized spacial score (nSPS) is 17.5. The van der Waals surface area contributed by atoms with E-state index in [1.54, 1.807) is 13.3 Å². The Morgan fingerprint density at radius 3 is 2.85 bits per heavy atom. The van der Waals surface area contributed by atoms with Crippen LogP contribution in [0.1, 0.15) is 12.0 Å². The van der Waals surface area contributed by atoms with Crippen molar-refractivity contribution in [3.8, 4) is 5.69 Å². The molecule has 27 heavy (non-hydrogen) atoms. The van der Waals surface area contributed by atoms with Crippen molar-refractivity contribution < 1.29 is 9.47 Å². The van der Waals surface area contributed by atoms with Crippen LogP contribution in [0.4, 0.5) is 0 Å². The van der Waals surface area contributed by atoms with Crippen LogP contribution < -0.4 is 5.32 Å². The average Bonchev–Trinajstić information content (AvgIpc) is 3.39. The molecule has 0 bridgehead atoms. The number of rotatable bonds is 8. The van der Waals surface area contributed by atoms with E-state index in [0.717, 1.165) is 44.3 Å². The minimum atomic E-state index is 0.550. The molecule has 1 atom stereocenters. The predicted molar refractivity (Wildman–Crippen MR) is 106 cm³/mol. The molecule has 1 aromatic heterocycles. The van der Waals surface area contributed by atoms with E-state index in [-0.39, 0.29) is 0 Å². The zero-order valence-electron chi connectivity index (χ0n) is 16.2. The second-order valence-corrected chi connectivity index (χ2v) is 6.69. The molecule has 3 rings (SSSR count). The van der Waals surface area contributed by atoms with Gasteiger partial charge in [-0.2, -0.15) is 5.10 Å². The van der Waals surface area contributed by atoms with Gasteiger partial charge in [-0.25, -0.2) is 4.68 Å². The first-order valence-corrected chi connectivity index (χ1v) is 9.41. The molecule has 7 nitrogen and oxygen atoms in total. The molecule has 1 aliphatic heterocycles. The van der Waals surface area contributed by atoms with Gasteiger partial charge in [0.2, 0.25) is 0 Å². The Morgan fingerprint density at radius 2 is 2.15 bits per heavy atom. The number of likely N-dealkylation sites (tertiary alicyclic amines) is 1. The third kappa shape index (κ3) is 5.55. The number of benzene rings is 1. The van der Waals surface area contributed by atoms with Crippen LogP contribution in [0.15, 0.2) is 47.7 Å². The van der Waals surface area contributed by atoms with E-state index in [0.29, 0.717) is 19.1 Å². The summed E-state index contributed by atoms with van der Waals surface area (Å²) in [7, 11) is 3.53. The lowest BCUT2D eigenvalue weighted by Crippen LogP contribution is -2.39. The first-order valence-electron chi connectivity index (χ1n) is 9.41. The molecule has 2 heterocycles. The lowest BCUT2D eigenvalue weighted by atomic mass is 10.1. The highest BCUT2D eigenvalue weighted by Crippen LogP contribution is 2.17. The van der Waals surface area contributed by atoms with Gasteiger partial charge in [0, 0.05) is 52.1 Å². The van der Waals surface area contributed by atoms with Gasteiger partial charge in [0.25, 0.3) is 0 Å². The van der Waals surface area contributed by atoms with Gasteiger partial charge >= 0.3 is 0 Å². The van der Waals surface area contributed by atoms with Crippen LogP contribution in [-0.2, 0) is 16.0 Å². The minimum absolute atomic E-state index is 0.550. The van der Waals surface area contributed by atoms with E-state index < -0.39 is 0 Å². The average molecular weight is 371 g/mol. The Morgan fingerprint density at radius 1 is 1.30 bits per heavy atom. The van der Waals surface area contributed by atoms with Gasteiger partial charge in [-0.3, -0.25) is 4.99 Å². The fraction of sp³-hybridized carbons (Fsp3) is 0.500. The molecule has 0 saturated carbocycles. The zero-order valence-corrected chi connectivity index (χ0v) is 16.2. The summed E-state index contributed by atoms with van der Waals surface area (Å²) >= 11 is 0. The van der Waals surface area contributed by atoms with Crippen molar-refractivity contribution in [1.29, 1.82) is 0 Å². The van der Waals surface area contributed by atoms with Crippen molar-refractivity contribution in [1.82, 2.24) is 20.0 Å². The van der Waals surface area contributed by atoms with Crippen molar-refractivity contribution in [2.75, 3.05) is 47.1 Å². The topological polar surface area (TPSA) is 63.9 Å². The van der Waals surface area contributed by atoms with Crippen molar-refractivity contribution >= 4 is 5.96 Å². The SMILES string of the molecule is CN=C(NCc1ccc(-n2cccn2)cc1)N1CCC(COCCOC)C1. The number of methoxy groups -OCH3 is 1. The lowest BCUT2D eigenvalue weighted by molar-refractivity contribution is 0.0536. The number of ether oxygens (including phenoxy) is 2. The maximum absolute atomic E-state index is 5.67. The summed E-state index contributed by atoms with van der Waals surface area (Å²) in [6, 6.07) is 10.3. The number of hydrogen-bond donors (Lipinski definition) is 1. The maximum atomic E-state index is 5.67. The summed E-state index contributed by atoms with van der Waals surface area (Å²) < 4.78 is 12.5. The molecular weight excluding hydrogens is 342 g/mol. The number of guanidine groups is 1. The van der Waals surface area contributed by atoms with E-state index in [1.165, 1.54) is 5.56 Å². The summed E-state index contributed by atoms with van der Waals surface area (Å²) in [5, 5.41) is 7.72. The van der Waals surface area contributed by atoms with Gasteiger partial charge in [-0.1, -0.05) is 12.1 Å². The van der Waals surface area contributed by atoms with E-state index >= 15 is 0 Å². The molecule has 0 radical (unpaired) electrons. The summed E-state index contributed by atoms with van der Waals surface area (Å²) in [4.78, 5) is 6.75. The Labute approximate surface area is 161 Å². The predicted octanol–water partition coefficient (Wildman–Crippen LogP) is 1.93. The summed E-state index contributed by atoms with van der Waals surface area (Å²) in [5.41, 5.74) is 2.27. The van der Waals surface area contributed by atoms with Crippen LogP contribution in [-0.4, -0.2) is 67.7 Å². The van der Waals surface area contributed by atoms with Crippen LogP contribution in [0.5, 0.6) is 0 Å². The highest BCUT2D eigenvalue weighted by Gasteiger charge is 2.24. The molecule has 0 aliphatic carbocycles. The monoisotopic (exact) mass is 371 g/mol. The van der Waals surface area contributed by atoms with Crippen LogP contribution >= 0.6 is 0 Å². The standard InChI is InChI=1S/C20H29N5O2/c1-21-20(24-11-8-18(15-24)16-27-13-12-26-2)22-14-17-4-6-19(7-5-17)25-10-3-9-23-25/h3-7,9-10,18H,8,11-16H2,1-2H3,(H,21,22). The van der Waals surface area contributed by atoms with Crippen molar-refractivity contribution in [2.24, 2.45) is 10.9 Å². The molecule has 0 spiro atoms. The van der Waals surface area contributed by atoms with Crippen LogP contribution in [0, 0.1) is 5.92 Å². The smallest absolute Gasteiger partial charge is 0.193 e. The van der Waals surface area contributed by atoms with Gasteiger partial charge in [0.15, 0.2) is 5.96 Å². The van der Waals surface area contributed by atoms with Gasteiger partial charge in [0.05, 0.1) is 25.5 Å². The minimum Gasteiger partial charge on any atom is -0.382 e. The fourth-order valence-electron chi connectivity index (χ4n) is 3.25. The molecule has 0 amide bonds. The highest BCUT2D eigenvalue weighted by atomic mass is 16.5. The number of nitrogens with one attached hydrogen (secondary N) is 1. The molecule has 1 N–H and O–H groups in total. The van der Waals surface area contributed by atoms with Crippen LogP contribution in [0.2, 0.25) is 0 Å². The van der Waals surface area contributed by atoms with E-state index in [9.17, 15) is 0 Å². The van der Waals surface area contributed by atoms with Crippen molar-refractivity contribution in [3.05, 3.63) is 48.3 Å².